The minimum absolute atomic E-state index is 0.119. The van der Waals surface area contributed by atoms with E-state index in [9.17, 15) is 40.0 Å². The Hall–Kier alpha value is -6.74. The Morgan fingerprint density at radius 2 is 1.03 bits per heavy atom. The molecule has 0 amide bonds. The van der Waals surface area contributed by atoms with Crippen LogP contribution in [0.4, 0.5) is 22.0 Å². The second-order valence-electron chi connectivity index (χ2n) is 22.3. The number of halogens is 5. The van der Waals surface area contributed by atoms with Crippen LogP contribution in [-0.4, -0.2) is 158 Å². The summed E-state index contributed by atoms with van der Waals surface area (Å²) in [4.78, 5) is 51.6. The van der Waals surface area contributed by atoms with Crippen molar-refractivity contribution >= 4 is 64.8 Å². The maximum atomic E-state index is 14.9. The van der Waals surface area contributed by atoms with E-state index >= 15 is 0 Å². The lowest BCUT2D eigenvalue weighted by molar-refractivity contribution is -0.119. The normalized spacial score (nSPS) is 15.5. The average molecular weight is 1290 g/mol. The molecule has 0 atom stereocenters. The average Bonchev–Trinajstić information content (AvgIpc) is 2.14. The van der Waals surface area contributed by atoms with Gasteiger partial charge in [0, 0.05) is 135 Å². The van der Waals surface area contributed by atoms with E-state index in [1.807, 2.05) is 36.7 Å². The molecule has 8 heterocycles. The Morgan fingerprint density at radius 1 is 0.584 bits per heavy atom. The van der Waals surface area contributed by atoms with Crippen molar-refractivity contribution in [2.45, 2.75) is 64.5 Å². The lowest BCUT2D eigenvalue weighted by Crippen LogP contribution is -2.46. The van der Waals surface area contributed by atoms with Gasteiger partial charge in [-0.3, -0.25) is 48.4 Å². The predicted molar refractivity (Wildman–Crippen MR) is 336 cm³/mol. The molecule has 0 unspecified atom stereocenters. The van der Waals surface area contributed by atoms with Gasteiger partial charge in [-0.15, -0.1) is 22.7 Å². The molecule has 8 aromatic rings. The highest BCUT2D eigenvalue weighted by Gasteiger charge is 2.26. The first-order valence-corrected chi connectivity index (χ1v) is 33.2. The van der Waals surface area contributed by atoms with Crippen LogP contribution in [0.3, 0.4) is 0 Å². The molecule has 12 rings (SSSR count). The summed E-state index contributed by atoms with van der Waals surface area (Å²) in [5, 5.41) is 10.9. The Balaban J connectivity index is 0.000000179. The molecule has 0 radical (unpaired) electrons. The van der Waals surface area contributed by atoms with Crippen molar-refractivity contribution in [2.75, 3.05) is 98.4 Å². The number of ketones is 2. The summed E-state index contributed by atoms with van der Waals surface area (Å²) in [5.74, 6) is 1.77. The molecular formula is C65H73F5N8O8S3. The summed E-state index contributed by atoms with van der Waals surface area (Å²) in [6.45, 7) is 7.62. The Kier molecular flexibility index (Phi) is 24.6. The number of ether oxygens (including phenoxy) is 2. The van der Waals surface area contributed by atoms with Gasteiger partial charge in [-0.05, 0) is 108 Å². The molecular weight excluding hydrogens is 1210 g/mol. The van der Waals surface area contributed by atoms with Crippen molar-refractivity contribution in [3.05, 3.63) is 144 Å². The fourth-order valence-electron chi connectivity index (χ4n) is 10.0. The Labute approximate surface area is 523 Å². The molecule has 2 aliphatic heterocycles. The maximum absolute atomic E-state index is 14.9. The van der Waals surface area contributed by atoms with E-state index < -0.39 is 35.1 Å². The first kappa shape index (κ1) is 66.7. The molecule has 2 saturated carbocycles. The van der Waals surface area contributed by atoms with Crippen molar-refractivity contribution in [3.8, 4) is 44.1 Å². The van der Waals surface area contributed by atoms with Gasteiger partial charge in [0.05, 0.1) is 61.0 Å². The van der Waals surface area contributed by atoms with E-state index in [-0.39, 0.29) is 55.8 Å². The quantitative estimate of drug-likeness (QED) is 0.0429. The van der Waals surface area contributed by atoms with Gasteiger partial charge >= 0.3 is 0 Å². The maximum Gasteiger partial charge on any atom is 0.264 e. The molecule has 0 bridgehead atoms. The number of thiophene rings is 2. The predicted octanol–water partition coefficient (Wildman–Crippen LogP) is 11.8. The number of alkyl halides is 3. The number of aliphatic hydroxyl groups is 1. The lowest BCUT2D eigenvalue weighted by Gasteiger charge is -2.34. The van der Waals surface area contributed by atoms with Crippen molar-refractivity contribution in [1.29, 1.82) is 0 Å². The molecule has 2 N–H and O–H groups in total. The molecule has 6 aromatic heterocycles. The highest BCUT2D eigenvalue weighted by molar-refractivity contribution is 7.86. The van der Waals surface area contributed by atoms with Crippen LogP contribution >= 0.6 is 22.7 Å². The molecule has 89 heavy (non-hydrogen) atoms. The molecule has 2 aliphatic carbocycles. The number of nitrogens with one attached hydrogen (secondary N) is 1. The van der Waals surface area contributed by atoms with Crippen molar-refractivity contribution in [2.24, 2.45) is 11.8 Å². The number of fused-ring (bicyclic) bond motifs is 2. The van der Waals surface area contributed by atoms with Crippen molar-refractivity contribution in [1.82, 2.24) is 40.0 Å². The molecule has 2 saturated heterocycles. The summed E-state index contributed by atoms with van der Waals surface area (Å²) in [5.41, 5.74) is 6.95. The minimum Gasteiger partial charge on any atom is -0.453 e. The van der Waals surface area contributed by atoms with Crippen LogP contribution in [-0.2, 0) is 49.8 Å². The van der Waals surface area contributed by atoms with Crippen molar-refractivity contribution < 1.29 is 58.7 Å². The number of Topliss-reactive ketones (excluding diaryl/α,β-unsaturated/α-hetero) is 2. The SMILES string of the molecule is CS(=O)(=O)OCCF.O=C(Cc1ccc(Oc2ccnc3cc(-c4ccc(CN5CCN(CCF)CC5)cn4)sc23)c(F)c1)CC1CC1.O=C(Cc1ccc(Oc2ccnc3cc(-c4ccc(CN5CCNCC5)cn4)sc23)c(F)c1)CC1CC1.OCCF. The van der Waals surface area contributed by atoms with Crippen LogP contribution in [0, 0.1) is 23.5 Å². The lowest BCUT2D eigenvalue weighted by atomic mass is 10.0. The second-order valence-corrected chi connectivity index (χ2v) is 26.0. The number of aromatic nitrogens is 4. The zero-order valence-corrected chi connectivity index (χ0v) is 52.0. The van der Waals surface area contributed by atoms with Crippen LogP contribution in [0.2, 0.25) is 0 Å². The van der Waals surface area contributed by atoms with E-state index in [2.05, 4.69) is 46.3 Å². The molecule has 0 spiro atoms. The zero-order chi connectivity index (χ0) is 62.7. The number of hydrogen-bond acceptors (Lipinski definition) is 18. The van der Waals surface area contributed by atoms with Gasteiger partial charge in [0.15, 0.2) is 23.1 Å². The van der Waals surface area contributed by atoms with Gasteiger partial charge < -0.3 is 19.9 Å². The van der Waals surface area contributed by atoms with Gasteiger partial charge in [-0.2, -0.15) is 8.42 Å². The van der Waals surface area contributed by atoms with Gasteiger partial charge in [-0.25, -0.2) is 22.0 Å². The van der Waals surface area contributed by atoms with Gasteiger partial charge in [-0.1, -0.05) is 24.3 Å². The van der Waals surface area contributed by atoms with Gasteiger partial charge in [0.25, 0.3) is 10.1 Å². The highest BCUT2D eigenvalue weighted by Crippen LogP contribution is 2.41. The zero-order valence-electron chi connectivity index (χ0n) is 49.6. The fraction of sp³-hybridized carbons (Fsp3) is 0.415. The van der Waals surface area contributed by atoms with Gasteiger partial charge in [0.1, 0.15) is 43.1 Å². The number of benzene rings is 2. The highest BCUT2D eigenvalue weighted by atomic mass is 32.2. The first-order valence-electron chi connectivity index (χ1n) is 29.8. The van der Waals surface area contributed by atoms with Crippen LogP contribution in [0.25, 0.3) is 41.6 Å². The largest absolute Gasteiger partial charge is 0.453 e. The molecule has 24 heteroatoms. The summed E-state index contributed by atoms with van der Waals surface area (Å²) >= 11 is 3.04. The first-order chi connectivity index (χ1) is 43.1. The number of nitrogens with zero attached hydrogens (tertiary/aromatic N) is 7. The third-order valence-electron chi connectivity index (χ3n) is 14.9. The minimum atomic E-state index is -3.43. The van der Waals surface area contributed by atoms with Crippen LogP contribution in [0.1, 0.15) is 60.8 Å². The van der Waals surface area contributed by atoms with Gasteiger partial charge in [0.2, 0.25) is 0 Å². The molecule has 474 valence electrons. The molecule has 16 nitrogen and oxygen atoms in total. The summed E-state index contributed by atoms with van der Waals surface area (Å²) < 4.78 is 102. The number of hydrogen-bond donors (Lipinski definition) is 2. The molecule has 2 aromatic carbocycles. The number of carbonyl (C=O) groups is 2. The van der Waals surface area contributed by atoms with Crippen molar-refractivity contribution in [3.63, 3.8) is 0 Å². The number of rotatable bonds is 24. The summed E-state index contributed by atoms with van der Waals surface area (Å²) in [6, 6.07) is 25.3. The molecule has 4 aliphatic rings. The Bertz CT molecular complexity index is 3710. The monoisotopic (exact) mass is 1280 g/mol. The van der Waals surface area contributed by atoms with E-state index in [0.717, 1.165) is 145 Å². The third kappa shape index (κ3) is 20.9. The summed E-state index contributed by atoms with van der Waals surface area (Å²) in [7, 11) is -3.43. The van der Waals surface area contributed by atoms with E-state index in [4.69, 9.17) is 24.5 Å². The van der Waals surface area contributed by atoms with E-state index in [1.54, 1.807) is 48.8 Å². The number of carbonyl (C=O) groups excluding carboxylic acids is 2. The van der Waals surface area contributed by atoms with Crippen LogP contribution in [0.5, 0.6) is 23.0 Å². The van der Waals surface area contributed by atoms with Crippen LogP contribution < -0.4 is 14.8 Å². The number of aliphatic hydroxyl groups excluding tert-OH is 1. The van der Waals surface area contributed by atoms with E-state index in [1.165, 1.54) is 40.4 Å². The standard InChI is InChI=1S/C31H32F2N4O2S.C29H29FN4O2S.C3H7FO3S.C2H5FO/c32-8-10-36-11-13-37(14-12-36)20-23-3-5-26(35-19-23)30-18-27-31(40-30)29(7-9-34-27)39-28-6-4-22(17-25(28)33)16-24(38)15-21-1-2-21;30-23-15-20(14-22(35)13-19-1-2-19)4-6-26(23)36-27-7-8-32-25-16-28(37-29(25)27)24-5-3-21(17-33-24)18-34-11-9-31-10-12-34;1-8(5,6)7-3-2-4;3-1-2-4/h3-7,9,17-19,21H,1-2,8,10-16,20H2;3-8,15-17,19,31H,1-2,9-14,18H2;2-3H2,1H3;4H,1-2H2. The molecule has 4 fully saturated rings. The third-order valence-corrected chi connectivity index (χ3v) is 17.8. The second kappa shape index (κ2) is 32.8. The Morgan fingerprint density at radius 3 is 1.42 bits per heavy atom. The number of pyridine rings is 4. The summed E-state index contributed by atoms with van der Waals surface area (Å²) in [6.07, 6.45) is 14.3. The number of piperazine rings is 2. The van der Waals surface area contributed by atoms with Crippen LogP contribution in [0.15, 0.2) is 110 Å². The van der Waals surface area contributed by atoms with E-state index in [0.29, 0.717) is 53.8 Å². The topological polar surface area (TPSA) is 190 Å². The smallest absolute Gasteiger partial charge is 0.264 e. The fourth-order valence-corrected chi connectivity index (χ4v) is 12.5.